The van der Waals surface area contributed by atoms with Crippen molar-refractivity contribution in [2.24, 2.45) is 34.5 Å². The zero-order valence-electron chi connectivity index (χ0n) is 22.1. The minimum absolute atomic E-state index is 0.0679. The van der Waals surface area contributed by atoms with Crippen molar-refractivity contribution in [2.45, 2.75) is 122 Å². The van der Waals surface area contributed by atoms with E-state index in [0.29, 0.717) is 19.3 Å². The number of hydrogen-bond acceptors (Lipinski definition) is 7. The second-order valence-electron chi connectivity index (χ2n) is 12.7. The highest BCUT2D eigenvalue weighted by atomic mass is 16.7. The molecular formula is C28H42O7. The standard InChI is InChI=1S/C28H42O7/c1-7-15(2)24(32)34-21-22-25(5)11-9-19(31)14-18(25)8-12-27(22)28(35-27)13-10-20(16(3)29)26(28,6)23(21)33-17(4)30/h15,18-23,31H,7-14H2,1-6H3/t15?,18-,19-,20+,21-,22+,23+,25-,26-,27-,28+/m0/s1. The molecule has 1 aliphatic heterocycles. The smallest absolute Gasteiger partial charge is 0.309 e. The molecule has 7 nitrogen and oxygen atoms in total. The van der Waals surface area contributed by atoms with Gasteiger partial charge in [-0.1, -0.05) is 27.7 Å². The number of hydrogen-bond donors (Lipinski definition) is 1. The van der Waals surface area contributed by atoms with Gasteiger partial charge in [-0.3, -0.25) is 14.4 Å². The molecule has 1 saturated heterocycles. The first-order chi connectivity index (χ1) is 16.4. The fourth-order valence-corrected chi connectivity index (χ4v) is 9.34. The number of Topliss-reactive ketones (excluding diaryl/α,β-unsaturated/α-hetero) is 1. The van der Waals surface area contributed by atoms with E-state index in [0.717, 1.165) is 32.1 Å². The van der Waals surface area contributed by atoms with Crippen LogP contribution in [0.2, 0.25) is 0 Å². The molecule has 0 aromatic carbocycles. The van der Waals surface area contributed by atoms with Gasteiger partial charge in [-0.05, 0) is 69.6 Å². The second-order valence-corrected chi connectivity index (χ2v) is 12.7. The molecule has 4 aliphatic carbocycles. The third-order valence-electron chi connectivity index (χ3n) is 11.2. The Morgan fingerprint density at radius 1 is 1.06 bits per heavy atom. The third kappa shape index (κ3) is 3.12. The number of ketones is 1. The predicted octanol–water partition coefficient (Wildman–Crippen LogP) is 3.98. The molecule has 0 aromatic heterocycles. The molecule has 0 bridgehead atoms. The van der Waals surface area contributed by atoms with Crippen LogP contribution in [0.25, 0.3) is 0 Å². The van der Waals surface area contributed by atoms with Crippen molar-refractivity contribution in [2.75, 3.05) is 0 Å². The van der Waals surface area contributed by atoms with Crippen LogP contribution in [0.1, 0.15) is 92.9 Å². The molecule has 7 heteroatoms. The summed E-state index contributed by atoms with van der Waals surface area (Å²) in [6.45, 7) is 11.1. The van der Waals surface area contributed by atoms with E-state index in [9.17, 15) is 19.5 Å². The van der Waals surface area contributed by atoms with Crippen LogP contribution in [0.15, 0.2) is 0 Å². The van der Waals surface area contributed by atoms with E-state index in [1.807, 2.05) is 20.8 Å². The Morgan fingerprint density at radius 2 is 1.77 bits per heavy atom. The van der Waals surface area contributed by atoms with E-state index in [4.69, 9.17) is 14.2 Å². The van der Waals surface area contributed by atoms with Crippen LogP contribution in [0.5, 0.6) is 0 Å². The second kappa shape index (κ2) is 8.01. The monoisotopic (exact) mass is 490 g/mol. The molecular weight excluding hydrogens is 448 g/mol. The lowest BCUT2D eigenvalue weighted by Crippen LogP contribution is -2.70. The number of aliphatic hydroxyl groups excluding tert-OH is 1. The van der Waals surface area contributed by atoms with Gasteiger partial charge in [0.1, 0.15) is 29.2 Å². The first kappa shape index (κ1) is 25.2. The van der Waals surface area contributed by atoms with Crippen molar-refractivity contribution in [3.8, 4) is 0 Å². The number of esters is 2. The fourth-order valence-electron chi connectivity index (χ4n) is 9.34. The molecule has 35 heavy (non-hydrogen) atoms. The summed E-state index contributed by atoms with van der Waals surface area (Å²) in [5, 5.41) is 10.5. The largest absolute Gasteiger partial charge is 0.458 e. The number of rotatable bonds is 5. The number of fused-ring (bicyclic) bond motifs is 2. The van der Waals surface area contributed by atoms with Gasteiger partial charge in [0.25, 0.3) is 0 Å². The van der Waals surface area contributed by atoms with Crippen LogP contribution >= 0.6 is 0 Å². The van der Waals surface area contributed by atoms with Crippen molar-refractivity contribution in [1.29, 1.82) is 0 Å². The van der Waals surface area contributed by atoms with Crippen LogP contribution < -0.4 is 0 Å². The average Bonchev–Trinajstić information content (AvgIpc) is 3.34. The van der Waals surface area contributed by atoms with E-state index in [1.54, 1.807) is 6.92 Å². The Labute approximate surface area is 208 Å². The SMILES string of the molecule is CCC(C)C(=O)O[C@@H]1[C@@H](OC(C)=O)[C@]2(C)[C@@H](C(C)=O)CC[C@@]23O[C@]32CC[C@H]3C[C@@H](O)CC[C@]3(C)[C@@H]12. The highest BCUT2D eigenvalue weighted by Crippen LogP contribution is 2.81. The maximum Gasteiger partial charge on any atom is 0.309 e. The van der Waals surface area contributed by atoms with Crippen LogP contribution in [0.3, 0.4) is 0 Å². The Morgan fingerprint density at radius 3 is 2.40 bits per heavy atom. The number of epoxide rings is 1. The summed E-state index contributed by atoms with van der Waals surface area (Å²) in [6.07, 6.45) is 4.31. The summed E-state index contributed by atoms with van der Waals surface area (Å²) < 4.78 is 19.4. The maximum atomic E-state index is 13.3. The molecule has 2 spiro atoms. The molecule has 4 saturated carbocycles. The molecule has 5 fully saturated rings. The Kier molecular flexibility index (Phi) is 5.77. The highest BCUT2D eigenvalue weighted by Gasteiger charge is 2.91. The van der Waals surface area contributed by atoms with Crippen LogP contribution in [-0.2, 0) is 28.6 Å². The molecule has 1 N–H and O–H groups in total. The molecule has 196 valence electrons. The molecule has 0 amide bonds. The minimum atomic E-state index is -0.765. The minimum Gasteiger partial charge on any atom is -0.458 e. The summed E-state index contributed by atoms with van der Waals surface area (Å²) >= 11 is 0. The van der Waals surface area contributed by atoms with E-state index >= 15 is 0 Å². The number of ether oxygens (including phenoxy) is 3. The van der Waals surface area contributed by atoms with Gasteiger partial charge in [0.05, 0.1) is 12.0 Å². The zero-order valence-corrected chi connectivity index (χ0v) is 22.1. The molecule has 5 rings (SSSR count). The van der Waals surface area contributed by atoms with E-state index < -0.39 is 34.8 Å². The molecule has 1 unspecified atom stereocenters. The first-order valence-corrected chi connectivity index (χ1v) is 13.6. The number of aliphatic hydroxyl groups is 1. The Balaban J connectivity index is 1.68. The topological polar surface area (TPSA) is 102 Å². The lowest BCUT2D eigenvalue weighted by Gasteiger charge is -2.61. The van der Waals surface area contributed by atoms with Crippen LogP contribution in [0.4, 0.5) is 0 Å². The average molecular weight is 491 g/mol. The fraction of sp³-hybridized carbons (Fsp3) is 0.893. The van der Waals surface area contributed by atoms with Crippen LogP contribution in [-0.4, -0.2) is 52.3 Å². The lowest BCUT2D eigenvalue weighted by atomic mass is 9.43. The zero-order chi connectivity index (χ0) is 25.6. The van der Waals surface area contributed by atoms with Gasteiger partial charge in [0.2, 0.25) is 0 Å². The van der Waals surface area contributed by atoms with Crippen molar-refractivity contribution >= 4 is 17.7 Å². The predicted molar refractivity (Wildman–Crippen MR) is 127 cm³/mol. The number of carbonyl (C=O) groups excluding carboxylic acids is 3. The third-order valence-corrected chi connectivity index (χ3v) is 11.2. The Bertz CT molecular complexity index is 932. The summed E-state index contributed by atoms with van der Waals surface area (Å²) in [5.74, 6) is -1.14. The van der Waals surface area contributed by atoms with Crippen molar-refractivity contribution < 1.29 is 33.7 Å². The summed E-state index contributed by atoms with van der Waals surface area (Å²) in [4.78, 5) is 38.7. The van der Waals surface area contributed by atoms with Gasteiger partial charge in [0, 0.05) is 24.2 Å². The Hall–Kier alpha value is -1.47. The molecule has 11 atom stereocenters. The van der Waals surface area contributed by atoms with Gasteiger partial charge >= 0.3 is 11.9 Å². The van der Waals surface area contributed by atoms with Gasteiger partial charge in [0.15, 0.2) is 0 Å². The summed E-state index contributed by atoms with van der Waals surface area (Å²) in [6, 6.07) is 0. The van der Waals surface area contributed by atoms with Crippen molar-refractivity contribution in [3.05, 3.63) is 0 Å². The summed E-state index contributed by atoms with van der Waals surface area (Å²) in [7, 11) is 0. The van der Waals surface area contributed by atoms with Gasteiger partial charge in [-0.2, -0.15) is 0 Å². The first-order valence-electron chi connectivity index (χ1n) is 13.6. The molecule has 5 aliphatic rings. The highest BCUT2D eigenvalue weighted by molar-refractivity contribution is 5.81. The van der Waals surface area contributed by atoms with Gasteiger partial charge in [-0.25, -0.2) is 0 Å². The quantitative estimate of drug-likeness (QED) is 0.459. The molecule has 0 aromatic rings. The maximum absolute atomic E-state index is 13.3. The van der Waals surface area contributed by atoms with Crippen molar-refractivity contribution in [3.63, 3.8) is 0 Å². The molecule has 1 heterocycles. The van der Waals surface area contributed by atoms with Crippen molar-refractivity contribution in [1.82, 2.24) is 0 Å². The van der Waals surface area contributed by atoms with E-state index in [-0.39, 0.29) is 46.9 Å². The van der Waals surface area contributed by atoms with Gasteiger partial charge in [-0.15, -0.1) is 0 Å². The normalized spacial score (nSPS) is 50.6. The van der Waals surface area contributed by atoms with E-state index in [2.05, 4.69) is 6.92 Å². The van der Waals surface area contributed by atoms with E-state index in [1.165, 1.54) is 6.92 Å². The van der Waals surface area contributed by atoms with Gasteiger partial charge < -0.3 is 19.3 Å². The van der Waals surface area contributed by atoms with Crippen LogP contribution in [0, 0.1) is 34.5 Å². The number of carbonyl (C=O) groups is 3. The summed E-state index contributed by atoms with van der Waals surface area (Å²) in [5.41, 5.74) is -2.06. The molecule has 0 radical (unpaired) electrons. The lowest BCUT2D eigenvalue weighted by molar-refractivity contribution is -0.226.